The highest BCUT2D eigenvalue weighted by molar-refractivity contribution is 4.71. The molecule has 1 saturated heterocycles. The van der Waals surface area contributed by atoms with Gasteiger partial charge in [0.25, 0.3) is 0 Å². The van der Waals surface area contributed by atoms with Crippen molar-refractivity contribution in [2.24, 2.45) is 0 Å². The molecule has 0 amide bonds. The summed E-state index contributed by atoms with van der Waals surface area (Å²) in [4.78, 5) is 4.99. The molecule has 1 N–H and O–H groups in total. The van der Waals surface area contributed by atoms with Gasteiger partial charge in [-0.15, -0.1) is 0 Å². The second-order valence-electron chi connectivity index (χ2n) is 4.37. The fourth-order valence-electron chi connectivity index (χ4n) is 1.98. The van der Waals surface area contributed by atoms with Gasteiger partial charge < -0.3 is 14.7 Å². The first kappa shape index (κ1) is 13.9. The Labute approximate surface area is 99.2 Å². The van der Waals surface area contributed by atoms with Crippen molar-refractivity contribution >= 4 is 0 Å². The largest absolute Gasteiger partial charge is 0.394 e. The molecular formula is C12H26N2O2. The Morgan fingerprint density at radius 3 is 2.19 bits per heavy atom. The predicted molar refractivity (Wildman–Crippen MR) is 65.7 cm³/mol. The third-order valence-corrected chi connectivity index (χ3v) is 3.08. The van der Waals surface area contributed by atoms with Gasteiger partial charge in [0.1, 0.15) is 0 Å². The Morgan fingerprint density at radius 1 is 1.00 bits per heavy atom. The van der Waals surface area contributed by atoms with E-state index in [0.29, 0.717) is 6.61 Å². The van der Waals surface area contributed by atoms with Gasteiger partial charge in [-0.2, -0.15) is 0 Å². The van der Waals surface area contributed by atoms with Crippen molar-refractivity contribution < 1.29 is 9.84 Å². The molecule has 0 radical (unpaired) electrons. The lowest BCUT2D eigenvalue weighted by molar-refractivity contribution is 0.0574. The first-order chi connectivity index (χ1) is 7.86. The first-order valence-electron chi connectivity index (χ1n) is 6.50. The fourth-order valence-corrected chi connectivity index (χ4v) is 1.98. The van der Waals surface area contributed by atoms with Crippen molar-refractivity contribution in [1.29, 1.82) is 0 Å². The smallest absolute Gasteiger partial charge is 0.0698 e. The summed E-state index contributed by atoms with van der Waals surface area (Å²) >= 11 is 0. The predicted octanol–water partition coefficient (Wildman–Crippen LogP) is 0.413. The third kappa shape index (κ3) is 5.80. The van der Waals surface area contributed by atoms with E-state index in [0.717, 1.165) is 26.2 Å². The summed E-state index contributed by atoms with van der Waals surface area (Å²) in [5, 5.41) is 8.58. The number of ether oxygens (including phenoxy) is 1. The van der Waals surface area contributed by atoms with Crippen LogP contribution in [0, 0.1) is 0 Å². The van der Waals surface area contributed by atoms with Crippen molar-refractivity contribution in [3.63, 3.8) is 0 Å². The summed E-state index contributed by atoms with van der Waals surface area (Å²) < 4.78 is 5.27. The molecule has 1 rings (SSSR count). The average Bonchev–Trinajstić information content (AvgIpc) is 2.33. The maximum absolute atomic E-state index is 8.58. The maximum atomic E-state index is 8.58. The normalized spacial score (nSPS) is 19.1. The monoisotopic (exact) mass is 230 g/mol. The lowest BCUT2D eigenvalue weighted by Crippen LogP contribution is -2.47. The summed E-state index contributed by atoms with van der Waals surface area (Å²) in [6.07, 6.45) is 2.61. The zero-order valence-corrected chi connectivity index (χ0v) is 10.5. The maximum Gasteiger partial charge on any atom is 0.0698 e. The average molecular weight is 230 g/mol. The summed E-state index contributed by atoms with van der Waals surface area (Å²) in [7, 11) is 0. The van der Waals surface area contributed by atoms with Crippen LogP contribution in [0.1, 0.15) is 19.8 Å². The molecule has 0 spiro atoms. The van der Waals surface area contributed by atoms with Gasteiger partial charge in [0.15, 0.2) is 0 Å². The Kier molecular flexibility index (Phi) is 7.76. The Hall–Kier alpha value is -0.160. The quantitative estimate of drug-likeness (QED) is 0.613. The highest BCUT2D eigenvalue weighted by Crippen LogP contribution is 2.03. The molecule has 16 heavy (non-hydrogen) atoms. The Bertz CT molecular complexity index is 159. The number of hydrogen-bond donors (Lipinski definition) is 1. The van der Waals surface area contributed by atoms with Crippen LogP contribution in [0.5, 0.6) is 0 Å². The van der Waals surface area contributed by atoms with E-state index >= 15 is 0 Å². The van der Waals surface area contributed by atoms with Crippen molar-refractivity contribution in [3.05, 3.63) is 0 Å². The van der Waals surface area contributed by atoms with Gasteiger partial charge in [-0.3, -0.25) is 4.90 Å². The first-order valence-corrected chi connectivity index (χ1v) is 6.50. The topological polar surface area (TPSA) is 35.9 Å². The van der Waals surface area contributed by atoms with Gasteiger partial charge in [-0.1, -0.05) is 13.3 Å². The van der Waals surface area contributed by atoms with E-state index in [2.05, 4.69) is 16.7 Å². The fraction of sp³-hybridized carbons (Fsp3) is 1.00. The van der Waals surface area contributed by atoms with E-state index in [4.69, 9.17) is 9.84 Å². The lowest BCUT2D eigenvalue weighted by Gasteiger charge is -2.34. The highest BCUT2D eigenvalue weighted by atomic mass is 16.5. The number of unbranched alkanes of at least 4 members (excludes halogenated alkanes) is 1. The van der Waals surface area contributed by atoms with Gasteiger partial charge in [-0.25, -0.2) is 0 Å². The van der Waals surface area contributed by atoms with E-state index in [9.17, 15) is 0 Å². The van der Waals surface area contributed by atoms with Gasteiger partial charge in [-0.05, 0) is 13.0 Å². The van der Waals surface area contributed by atoms with Crippen molar-refractivity contribution in [2.45, 2.75) is 19.8 Å². The number of rotatable bonds is 8. The number of aliphatic hydroxyl groups excluding tert-OH is 1. The summed E-state index contributed by atoms with van der Waals surface area (Å²) in [6, 6.07) is 0. The Balaban J connectivity index is 1.98. The molecule has 0 aliphatic carbocycles. The summed E-state index contributed by atoms with van der Waals surface area (Å²) in [5.74, 6) is 0. The molecule has 0 aromatic carbocycles. The van der Waals surface area contributed by atoms with Crippen LogP contribution >= 0.6 is 0 Å². The van der Waals surface area contributed by atoms with E-state index in [1.54, 1.807) is 0 Å². The van der Waals surface area contributed by atoms with E-state index < -0.39 is 0 Å². The van der Waals surface area contributed by atoms with E-state index in [1.807, 2.05) is 0 Å². The van der Waals surface area contributed by atoms with E-state index in [-0.39, 0.29) is 6.61 Å². The molecule has 0 aromatic rings. The SMILES string of the molecule is CCCCN1CCN(CCOCCO)CC1. The van der Waals surface area contributed by atoms with Crippen LogP contribution in [0.4, 0.5) is 0 Å². The molecule has 0 aromatic heterocycles. The lowest BCUT2D eigenvalue weighted by atomic mass is 10.2. The molecule has 0 bridgehead atoms. The molecule has 4 nitrogen and oxygen atoms in total. The van der Waals surface area contributed by atoms with Gasteiger partial charge in [0, 0.05) is 32.7 Å². The minimum Gasteiger partial charge on any atom is -0.394 e. The standard InChI is InChI=1S/C12H26N2O2/c1-2-3-4-13-5-7-14(8-6-13)9-11-16-12-10-15/h15H,2-12H2,1H3. The van der Waals surface area contributed by atoms with Crippen molar-refractivity contribution in [1.82, 2.24) is 9.80 Å². The summed E-state index contributed by atoms with van der Waals surface area (Å²) in [5.41, 5.74) is 0. The molecule has 1 aliphatic heterocycles. The van der Waals surface area contributed by atoms with Crippen LogP contribution < -0.4 is 0 Å². The van der Waals surface area contributed by atoms with Crippen LogP contribution in [0.15, 0.2) is 0 Å². The van der Waals surface area contributed by atoms with Gasteiger partial charge in [0.05, 0.1) is 19.8 Å². The number of aliphatic hydroxyl groups is 1. The molecule has 1 fully saturated rings. The van der Waals surface area contributed by atoms with Gasteiger partial charge in [0.2, 0.25) is 0 Å². The molecule has 0 unspecified atom stereocenters. The second kappa shape index (κ2) is 8.93. The molecule has 1 heterocycles. The van der Waals surface area contributed by atoms with Crippen LogP contribution in [-0.2, 0) is 4.74 Å². The zero-order valence-electron chi connectivity index (χ0n) is 10.5. The van der Waals surface area contributed by atoms with Crippen LogP contribution in [-0.4, -0.2) is 74.0 Å². The minimum absolute atomic E-state index is 0.130. The van der Waals surface area contributed by atoms with E-state index in [1.165, 1.54) is 32.5 Å². The molecular weight excluding hydrogens is 204 g/mol. The van der Waals surface area contributed by atoms with Crippen LogP contribution in [0.25, 0.3) is 0 Å². The third-order valence-electron chi connectivity index (χ3n) is 3.08. The minimum atomic E-state index is 0.130. The second-order valence-corrected chi connectivity index (χ2v) is 4.37. The Morgan fingerprint density at radius 2 is 1.62 bits per heavy atom. The molecule has 96 valence electrons. The number of hydrogen-bond acceptors (Lipinski definition) is 4. The molecule has 0 atom stereocenters. The highest BCUT2D eigenvalue weighted by Gasteiger charge is 2.15. The van der Waals surface area contributed by atoms with Crippen LogP contribution in [0.2, 0.25) is 0 Å². The molecule has 0 saturated carbocycles. The number of piperazine rings is 1. The molecule has 4 heteroatoms. The summed E-state index contributed by atoms with van der Waals surface area (Å²) in [6.45, 7) is 10.6. The van der Waals surface area contributed by atoms with Crippen molar-refractivity contribution in [2.75, 3.05) is 59.1 Å². The zero-order chi connectivity index (χ0) is 11.6. The van der Waals surface area contributed by atoms with Crippen molar-refractivity contribution in [3.8, 4) is 0 Å². The van der Waals surface area contributed by atoms with Gasteiger partial charge >= 0.3 is 0 Å². The number of nitrogens with zero attached hydrogens (tertiary/aromatic N) is 2. The molecule has 1 aliphatic rings. The van der Waals surface area contributed by atoms with Crippen LogP contribution in [0.3, 0.4) is 0 Å².